The molecule has 0 saturated heterocycles. The van der Waals surface area contributed by atoms with Crippen molar-refractivity contribution in [1.82, 2.24) is 4.90 Å². The van der Waals surface area contributed by atoms with Gasteiger partial charge in [-0.3, -0.25) is 4.99 Å². The number of nitrogens with two attached hydrogens (primary N) is 1. The first-order valence-electron chi connectivity index (χ1n) is 8.50. The number of rotatable bonds is 4. The Balaban J connectivity index is 1.80. The molecule has 0 aromatic carbocycles. The molecule has 2 aliphatic heterocycles. The number of ether oxygens (including phenoxy) is 2. The fraction of sp³-hybridized carbons (Fsp3) is 0.812. The largest absolute Gasteiger partial charge is 0.482 e. The molecule has 140 valence electrons. The van der Waals surface area contributed by atoms with E-state index in [0.29, 0.717) is 18.9 Å². The molecule has 2 heterocycles. The minimum atomic E-state index is -1.82. The van der Waals surface area contributed by atoms with Gasteiger partial charge in [0, 0.05) is 5.92 Å². The van der Waals surface area contributed by atoms with Crippen molar-refractivity contribution in [2.75, 3.05) is 13.7 Å². The van der Waals surface area contributed by atoms with E-state index >= 15 is 4.39 Å². The van der Waals surface area contributed by atoms with Crippen LogP contribution in [-0.2, 0) is 9.47 Å². The Morgan fingerprint density at radius 2 is 2.24 bits per heavy atom. The van der Waals surface area contributed by atoms with Crippen LogP contribution < -0.4 is 5.73 Å². The number of halogens is 1. The van der Waals surface area contributed by atoms with Gasteiger partial charge in [0.2, 0.25) is 11.9 Å². The predicted octanol–water partition coefficient (Wildman–Crippen LogP) is 0.301. The standard InChI is InChI=1S/C16H26FN5O3/c1-8(2)25-6-9-5-10(16(3,17)12(9)23)22-7-19-11-13(22)20-15(18)21-14(11)24-4/h7-13,23H,5-6H2,1-4H3,(H2,18,20)/t9-,10?,11?,12-,13?,16+/m1/s1. The molecule has 0 amide bonds. The Morgan fingerprint density at radius 3 is 2.88 bits per heavy atom. The van der Waals surface area contributed by atoms with Crippen LogP contribution in [0.2, 0.25) is 0 Å². The Morgan fingerprint density at radius 1 is 1.52 bits per heavy atom. The van der Waals surface area contributed by atoms with Crippen molar-refractivity contribution >= 4 is 18.2 Å². The summed E-state index contributed by atoms with van der Waals surface area (Å²) >= 11 is 0. The van der Waals surface area contributed by atoms with Crippen LogP contribution in [0.15, 0.2) is 15.0 Å². The summed E-state index contributed by atoms with van der Waals surface area (Å²) in [4.78, 5) is 14.4. The van der Waals surface area contributed by atoms with Crippen molar-refractivity contribution in [2.24, 2.45) is 26.6 Å². The topological polar surface area (TPSA) is 105 Å². The Hall–Kier alpha value is -1.74. The monoisotopic (exact) mass is 355 g/mol. The second-order valence-corrected chi connectivity index (χ2v) is 7.20. The minimum Gasteiger partial charge on any atom is -0.482 e. The average Bonchev–Trinajstić information content (AvgIpc) is 3.05. The van der Waals surface area contributed by atoms with Gasteiger partial charge in [-0.05, 0) is 27.2 Å². The molecular formula is C16H26FN5O3. The quantitative estimate of drug-likeness (QED) is 0.755. The Labute approximate surface area is 146 Å². The molecule has 0 bridgehead atoms. The lowest BCUT2D eigenvalue weighted by Gasteiger charge is -2.36. The number of hydrogen-bond acceptors (Lipinski definition) is 8. The van der Waals surface area contributed by atoms with Gasteiger partial charge < -0.3 is 25.2 Å². The van der Waals surface area contributed by atoms with Gasteiger partial charge in [0.15, 0.2) is 17.9 Å². The number of aliphatic imine (C=N–C) groups is 3. The Bertz CT molecular complexity index is 607. The van der Waals surface area contributed by atoms with Crippen molar-refractivity contribution in [3.8, 4) is 0 Å². The lowest BCUT2D eigenvalue weighted by atomic mass is 9.97. The average molecular weight is 355 g/mol. The van der Waals surface area contributed by atoms with Gasteiger partial charge in [0.1, 0.15) is 0 Å². The lowest BCUT2D eigenvalue weighted by molar-refractivity contribution is -0.0428. The molecule has 3 aliphatic rings. The summed E-state index contributed by atoms with van der Waals surface area (Å²) in [5.74, 6) is 0.137. The van der Waals surface area contributed by atoms with Crippen LogP contribution in [0.5, 0.6) is 0 Å². The molecule has 1 aliphatic carbocycles. The molecule has 0 aromatic heterocycles. The van der Waals surface area contributed by atoms with E-state index in [1.165, 1.54) is 14.0 Å². The number of fused-ring (bicyclic) bond motifs is 1. The zero-order valence-corrected chi connectivity index (χ0v) is 15.0. The zero-order chi connectivity index (χ0) is 18.4. The second-order valence-electron chi connectivity index (χ2n) is 7.20. The third-order valence-corrected chi connectivity index (χ3v) is 5.11. The van der Waals surface area contributed by atoms with E-state index in [1.807, 2.05) is 13.8 Å². The van der Waals surface area contributed by atoms with Crippen LogP contribution in [0, 0.1) is 5.92 Å². The van der Waals surface area contributed by atoms with Crippen LogP contribution in [-0.4, -0.2) is 78.0 Å². The van der Waals surface area contributed by atoms with Gasteiger partial charge in [-0.1, -0.05) is 0 Å². The van der Waals surface area contributed by atoms with E-state index in [-0.39, 0.29) is 18.0 Å². The molecule has 1 saturated carbocycles. The molecule has 6 atom stereocenters. The Kier molecular flexibility index (Phi) is 4.72. The molecule has 1 fully saturated rings. The van der Waals surface area contributed by atoms with E-state index in [0.717, 1.165) is 0 Å². The highest BCUT2D eigenvalue weighted by Gasteiger charge is 2.57. The van der Waals surface area contributed by atoms with Crippen molar-refractivity contribution in [2.45, 2.75) is 63.3 Å². The predicted molar refractivity (Wildman–Crippen MR) is 92.5 cm³/mol. The van der Waals surface area contributed by atoms with Gasteiger partial charge in [-0.15, -0.1) is 0 Å². The van der Waals surface area contributed by atoms with E-state index in [4.69, 9.17) is 15.2 Å². The zero-order valence-electron chi connectivity index (χ0n) is 15.0. The van der Waals surface area contributed by atoms with Gasteiger partial charge in [-0.25, -0.2) is 9.38 Å². The van der Waals surface area contributed by atoms with Crippen molar-refractivity contribution in [1.29, 1.82) is 0 Å². The van der Waals surface area contributed by atoms with Crippen molar-refractivity contribution < 1.29 is 19.0 Å². The summed E-state index contributed by atoms with van der Waals surface area (Å²) in [5.41, 5.74) is 3.94. The maximum Gasteiger partial charge on any atom is 0.220 e. The van der Waals surface area contributed by atoms with Crippen molar-refractivity contribution in [3.63, 3.8) is 0 Å². The third kappa shape index (κ3) is 3.10. The summed E-state index contributed by atoms with van der Waals surface area (Å²) in [6.07, 6.45) is 0.393. The van der Waals surface area contributed by atoms with Crippen molar-refractivity contribution in [3.05, 3.63) is 0 Å². The molecule has 9 heteroatoms. The maximum absolute atomic E-state index is 15.4. The first-order valence-corrected chi connectivity index (χ1v) is 8.50. The van der Waals surface area contributed by atoms with Crippen LogP contribution in [0.25, 0.3) is 0 Å². The summed E-state index contributed by atoms with van der Waals surface area (Å²) in [5, 5.41) is 10.5. The molecule has 0 aromatic rings. The minimum absolute atomic E-state index is 0.0260. The highest BCUT2D eigenvalue weighted by molar-refractivity contribution is 5.99. The number of guanidine groups is 1. The van der Waals surface area contributed by atoms with Crippen LogP contribution in [0.3, 0.4) is 0 Å². The SMILES string of the molecule is COC1=NC(N)=NC2C1N=CN2C1C[C@H](COC(C)C)[C@@H](O)[C@@]1(C)F. The van der Waals surface area contributed by atoms with Crippen LogP contribution >= 0.6 is 0 Å². The van der Waals surface area contributed by atoms with Gasteiger partial charge >= 0.3 is 0 Å². The summed E-state index contributed by atoms with van der Waals surface area (Å²) in [6, 6.07) is -1.04. The van der Waals surface area contributed by atoms with Crippen LogP contribution in [0.1, 0.15) is 27.2 Å². The van der Waals surface area contributed by atoms with Gasteiger partial charge in [0.05, 0.1) is 38.3 Å². The van der Waals surface area contributed by atoms with E-state index in [9.17, 15) is 5.11 Å². The molecular weight excluding hydrogens is 329 g/mol. The molecule has 8 nitrogen and oxygen atoms in total. The van der Waals surface area contributed by atoms with E-state index < -0.39 is 30.0 Å². The highest BCUT2D eigenvalue weighted by atomic mass is 19.1. The number of aliphatic hydroxyl groups excluding tert-OH is 1. The summed E-state index contributed by atoms with van der Waals surface area (Å²) in [7, 11) is 1.49. The van der Waals surface area contributed by atoms with Crippen LogP contribution in [0.4, 0.5) is 4.39 Å². The fourth-order valence-electron chi connectivity index (χ4n) is 3.75. The number of methoxy groups -OCH3 is 1. The van der Waals surface area contributed by atoms with E-state index in [2.05, 4.69) is 15.0 Å². The number of hydrogen-bond donors (Lipinski definition) is 2. The second kappa shape index (κ2) is 6.53. The number of aliphatic hydroxyl groups is 1. The fourth-order valence-corrected chi connectivity index (χ4v) is 3.75. The third-order valence-electron chi connectivity index (χ3n) is 5.11. The first kappa shape index (κ1) is 18.1. The first-order chi connectivity index (χ1) is 11.8. The summed E-state index contributed by atoms with van der Waals surface area (Å²) < 4.78 is 26.2. The highest BCUT2D eigenvalue weighted by Crippen LogP contribution is 2.43. The number of nitrogens with zero attached hydrogens (tertiary/aromatic N) is 4. The smallest absolute Gasteiger partial charge is 0.220 e. The molecule has 3 unspecified atom stereocenters. The summed E-state index contributed by atoms with van der Waals surface area (Å²) in [6.45, 7) is 5.55. The lowest BCUT2D eigenvalue weighted by Crippen LogP contribution is -2.54. The molecule has 3 rings (SSSR count). The number of alkyl halides is 1. The van der Waals surface area contributed by atoms with Gasteiger partial charge in [-0.2, -0.15) is 4.99 Å². The normalized spacial score (nSPS) is 40.3. The molecule has 0 spiro atoms. The maximum atomic E-state index is 15.4. The molecule has 0 radical (unpaired) electrons. The molecule has 25 heavy (non-hydrogen) atoms. The molecule has 3 N–H and O–H groups in total. The van der Waals surface area contributed by atoms with E-state index in [1.54, 1.807) is 11.2 Å². The van der Waals surface area contributed by atoms with Gasteiger partial charge in [0.25, 0.3) is 0 Å².